The van der Waals surface area contributed by atoms with Gasteiger partial charge in [0, 0.05) is 43.6 Å². The SMILES string of the molecule is N[C@@H]1COC[C@H]1CNCc1ccc2c(c1)C(=O)N(C1CCC(=O)NC1=O)C2. The Kier molecular flexibility index (Phi) is 4.94. The van der Waals surface area contributed by atoms with Gasteiger partial charge in [0.2, 0.25) is 11.8 Å². The zero-order chi connectivity index (χ0) is 19.0. The number of nitrogens with two attached hydrogens (primary N) is 1. The predicted molar refractivity (Wildman–Crippen MR) is 96.5 cm³/mol. The van der Waals surface area contributed by atoms with Crippen LogP contribution >= 0.6 is 0 Å². The van der Waals surface area contributed by atoms with Gasteiger partial charge in [-0.05, 0) is 23.6 Å². The lowest BCUT2D eigenvalue weighted by atomic mass is 10.0. The lowest BCUT2D eigenvalue weighted by Gasteiger charge is -2.29. The second-order valence-electron chi connectivity index (χ2n) is 7.48. The van der Waals surface area contributed by atoms with E-state index in [0.717, 1.165) is 17.7 Å². The molecule has 3 heterocycles. The Morgan fingerprint density at radius 3 is 2.85 bits per heavy atom. The van der Waals surface area contributed by atoms with Gasteiger partial charge >= 0.3 is 0 Å². The standard InChI is InChI=1S/C19H24N4O4/c20-15-10-27-9-13(15)7-21-6-11-1-2-12-8-23(19(26)14(12)5-11)16-3-4-17(24)22-18(16)25/h1-2,5,13,15-16,21H,3-4,6-10,20H2,(H,22,24,25)/t13-,15-,16?/m1/s1. The van der Waals surface area contributed by atoms with Gasteiger partial charge in [-0.25, -0.2) is 0 Å². The molecule has 8 heteroatoms. The van der Waals surface area contributed by atoms with E-state index in [-0.39, 0.29) is 30.2 Å². The van der Waals surface area contributed by atoms with E-state index in [0.29, 0.717) is 44.2 Å². The van der Waals surface area contributed by atoms with E-state index in [1.807, 2.05) is 18.2 Å². The van der Waals surface area contributed by atoms with Crippen LogP contribution in [0.1, 0.15) is 34.3 Å². The van der Waals surface area contributed by atoms with Gasteiger partial charge in [0.25, 0.3) is 5.91 Å². The quantitative estimate of drug-likeness (QED) is 0.601. The van der Waals surface area contributed by atoms with Crippen LogP contribution in [-0.4, -0.2) is 54.5 Å². The maximum Gasteiger partial charge on any atom is 0.255 e. The molecule has 27 heavy (non-hydrogen) atoms. The smallest absolute Gasteiger partial charge is 0.255 e. The van der Waals surface area contributed by atoms with E-state index in [1.54, 1.807) is 4.90 Å². The Balaban J connectivity index is 1.39. The summed E-state index contributed by atoms with van der Waals surface area (Å²) in [5, 5.41) is 5.70. The molecule has 0 spiro atoms. The number of carbonyl (C=O) groups excluding carboxylic acids is 3. The van der Waals surface area contributed by atoms with Crippen molar-refractivity contribution in [3.63, 3.8) is 0 Å². The van der Waals surface area contributed by atoms with E-state index in [2.05, 4.69) is 10.6 Å². The normalized spacial score (nSPS) is 27.8. The lowest BCUT2D eigenvalue weighted by molar-refractivity contribution is -0.136. The Hall–Kier alpha value is -2.29. The third-order valence-corrected chi connectivity index (χ3v) is 5.58. The molecule has 4 N–H and O–H groups in total. The van der Waals surface area contributed by atoms with Crippen LogP contribution in [0.4, 0.5) is 0 Å². The number of imide groups is 1. The van der Waals surface area contributed by atoms with Crippen LogP contribution in [0.15, 0.2) is 18.2 Å². The summed E-state index contributed by atoms with van der Waals surface area (Å²) < 4.78 is 5.36. The minimum atomic E-state index is -0.576. The molecular weight excluding hydrogens is 348 g/mol. The van der Waals surface area contributed by atoms with Gasteiger partial charge in [0.15, 0.2) is 0 Å². The number of amides is 3. The molecule has 144 valence electrons. The zero-order valence-corrected chi connectivity index (χ0v) is 15.1. The molecule has 8 nitrogen and oxygen atoms in total. The first kappa shape index (κ1) is 18.1. The van der Waals surface area contributed by atoms with Gasteiger partial charge in [-0.1, -0.05) is 12.1 Å². The molecular formula is C19H24N4O4. The van der Waals surface area contributed by atoms with E-state index < -0.39 is 6.04 Å². The molecule has 0 aliphatic carbocycles. The molecule has 3 amide bonds. The Morgan fingerprint density at radius 2 is 2.11 bits per heavy atom. The maximum atomic E-state index is 12.8. The summed E-state index contributed by atoms with van der Waals surface area (Å²) in [5.41, 5.74) is 8.56. The van der Waals surface area contributed by atoms with Crippen LogP contribution in [0.3, 0.4) is 0 Å². The number of nitrogens with zero attached hydrogens (tertiary/aromatic N) is 1. The summed E-state index contributed by atoms with van der Waals surface area (Å²) in [6.07, 6.45) is 0.640. The average molecular weight is 372 g/mol. The fourth-order valence-electron chi connectivity index (χ4n) is 3.94. The van der Waals surface area contributed by atoms with Gasteiger partial charge in [-0.15, -0.1) is 0 Å². The highest BCUT2D eigenvalue weighted by molar-refractivity contribution is 6.05. The van der Waals surface area contributed by atoms with Crippen molar-refractivity contribution in [1.29, 1.82) is 0 Å². The van der Waals surface area contributed by atoms with Gasteiger partial charge in [0.05, 0.1) is 13.2 Å². The summed E-state index contributed by atoms with van der Waals surface area (Å²) >= 11 is 0. The summed E-state index contributed by atoms with van der Waals surface area (Å²) in [6.45, 7) is 3.10. The summed E-state index contributed by atoms with van der Waals surface area (Å²) in [6, 6.07) is 5.33. The predicted octanol–water partition coefficient (Wildman–Crippen LogP) is -0.489. The molecule has 3 atom stereocenters. The first-order chi connectivity index (χ1) is 13.0. The highest BCUT2D eigenvalue weighted by Crippen LogP contribution is 2.28. The molecule has 0 aromatic heterocycles. The third-order valence-electron chi connectivity index (χ3n) is 5.58. The Bertz CT molecular complexity index is 781. The number of ether oxygens (including phenoxy) is 1. The second kappa shape index (κ2) is 7.38. The van der Waals surface area contributed by atoms with Crippen molar-refractivity contribution in [3.05, 3.63) is 34.9 Å². The second-order valence-corrected chi connectivity index (χ2v) is 7.48. The van der Waals surface area contributed by atoms with Crippen molar-refractivity contribution >= 4 is 17.7 Å². The van der Waals surface area contributed by atoms with Crippen molar-refractivity contribution in [3.8, 4) is 0 Å². The molecule has 2 saturated heterocycles. The summed E-state index contributed by atoms with van der Waals surface area (Å²) in [5.74, 6) is -0.498. The van der Waals surface area contributed by atoms with Gasteiger partial charge in [-0.2, -0.15) is 0 Å². The fraction of sp³-hybridized carbons (Fsp3) is 0.526. The first-order valence-electron chi connectivity index (χ1n) is 9.33. The topological polar surface area (TPSA) is 114 Å². The van der Waals surface area contributed by atoms with Crippen molar-refractivity contribution in [2.75, 3.05) is 19.8 Å². The van der Waals surface area contributed by atoms with E-state index in [1.165, 1.54) is 0 Å². The maximum absolute atomic E-state index is 12.8. The highest BCUT2D eigenvalue weighted by Gasteiger charge is 2.39. The summed E-state index contributed by atoms with van der Waals surface area (Å²) in [7, 11) is 0. The van der Waals surface area contributed by atoms with Crippen molar-refractivity contribution in [1.82, 2.24) is 15.5 Å². The zero-order valence-electron chi connectivity index (χ0n) is 15.1. The third kappa shape index (κ3) is 3.60. The molecule has 1 unspecified atom stereocenters. The molecule has 3 aliphatic heterocycles. The van der Waals surface area contributed by atoms with E-state index in [4.69, 9.17) is 10.5 Å². The van der Waals surface area contributed by atoms with Crippen LogP contribution < -0.4 is 16.4 Å². The number of hydrogen-bond acceptors (Lipinski definition) is 6. The van der Waals surface area contributed by atoms with Crippen molar-refractivity contribution < 1.29 is 19.1 Å². The Labute approximate surface area is 157 Å². The molecule has 4 rings (SSSR count). The fourth-order valence-corrected chi connectivity index (χ4v) is 3.94. The number of piperidine rings is 1. The Morgan fingerprint density at radius 1 is 1.26 bits per heavy atom. The van der Waals surface area contributed by atoms with Gasteiger partial charge < -0.3 is 20.7 Å². The number of nitrogens with one attached hydrogen (secondary N) is 2. The molecule has 1 aromatic carbocycles. The van der Waals surface area contributed by atoms with Crippen molar-refractivity contribution in [2.24, 2.45) is 11.7 Å². The van der Waals surface area contributed by atoms with Gasteiger partial charge in [-0.3, -0.25) is 19.7 Å². The minimum absolute atomic E-state index is 0.0705. The summed E-state index contributed by atoms with van der Waals surface area (Å²) in [4.78, 5) is 37.8. The average Bonchev–Trinajstić information content (AvgIpc) is 3.19. The lowest BCUT2D eigenvalue weighted by Crippen LogP contribution is -2.52. The van der Waals surface area contributed by atoms with E-state index >= 15 is 0 Å². The van der Waals surface area contributed by atoms with Crippen LogP contribution in [0.25, 0.3) is 0 Å². The number of hydrogen-bond donors (Lipinski definition) is 3. The molecule has 0 bridgehead atoms. The van der Waals surface area contributed by atoms with Gasteiger partial charge in [0.1, 0.15) is 6.04 Å². The largest absolute Gasteiger partial charge is 0.379 e. The number of rotatable bonds is 5. The highest BCUT2D eigenvalue weighted by atomic mass is 16.5. The van der Waals surface area contributed by atoms with Crippen LogP contribution in [0, 0.1) is 5.92 Å². The minimum Gasteiger partial charge on any atom is -0.379 e. The number of benzene rings is 1. The molecule has 1 aromatic rings. The first-order valence-corrected chi connectivity index (χ1v) is 9.33. The molecule has 0 radical (unpaired) electrons. The molecule has 2 fully saturated rings. The van der Waals surface area contributed by atoms with Crippen molar-refractivity contribution in [2.45, 2.75) is 38.0 Å². The molecule has 0 saturated carbocycles. The monoisotopic (exact) mass is 372 g/mol. The number of carbonyl (C=O) groups is 3. The van der Waals surface area contributed by atoms with Crippen LogP contribution in [0.5, 0.6) is 0 Å². The molecule has 3 aliphatic rings. The van der Waals surface area contributed by atoms with Crippen LogP contribution in [0.2, 0.25) is 0 Å². The van der Waals surface area contributed by atoms with E-state index in [9.17, 15) is 14.4 Å². The van der Waals surface area contributed by atoms with Crippen LogP contribution in [-0.2, 0) is 27.4 Å². The number of fused-ring (bicyclic) bond motifs is 1.